The van der Waals surface area contributed by atoms with Gasteiger partial charge >= 0.3 is 6.09 Å². The van der Waals surface area contributed by atoms with Gasteiger partial charge in [-0.3, -0.25) is 0 Å². The highest BCUT2D eigenvalue weighted by Gasteiger charge is 2.18. The van der Waals surface area contributed by atoms with Gasteiger partial charge in [0.2, 0.25) is 0 Å². The van der Waals surface area contributed by atoms with Crippen LogP contribution in [0.2, 0.25) is 0 Å². The molecule has 1 atom stereocenters. The van der Waals surface area contributed by atoms with Crippen LogP contribution in [-0.4, -0.2) is 33.0 Å². The van der Waals surface area contributed by atoms with Gasteiger partial charge in [0.25, 0.3) is 0 Å². The maximum Gasteiger partial charge on any atom is 0.419 e. The van der Waals surface area contributed by atoms with E-state index < -0.39 is 17.7 Å². The normalized spacial score (nSPS) is 13.6. The lowest BCUT2D eigenvalue weighted by Crippen LogP contribution is -2.26. The number of nitrogens with two attached hydrogens (primary N) is 1. The van der Waals surface area contributed by atoms with Gasteiger partial charge in [-0.2, -0.15) is 0 Å². The first kappa shape index (κ1) is 12.7. The molecule has 0 amide bonds. The van der Waals surface area contributed by atoms with Crippen LogP contribution in [0.5, 0.6) is 0 Å². The second-order valence-electron chi connectivity index (χ2n) is 4.48. The second kappa shape index (κ2) is 4.63. The Morgan fingerprint density at radius 2 is 2.31 bits per heavy atom. The Bertz CT molecular complexity index is 368. The third-order valence-electron chi connectivity index (χ3n) is 1.78. The van der Waals surface area contributed by atoms with Gasteiger partial charge in [0.1, 0.15) is 11.9 Å². The standard InChI is InChI=1S/C10H17N3O3/c1-10(2,3)16-9(15)13-4-8(12-6-13)7(11)5-14/h4,6-7,14H,5,11H2,1-3H3. The summed E-state index contributed by atoms with van der Waals surface area (Å²) < 4.78 is 6.34. The van der Waals surface area contributed by atoms with E-state index >= 15 is 0 Å². The van der Waals surface area contributed by atoms with Gasteiger partial charge in [-0.05, 0) is 20.8 Å². The van der Waals surface area contributed by atoms with Crippen LogP contribution in [0.15, 0.2) is 12.5 Å². The molecule has 6 nitrogen and oxygen atoms in total. The maximum atomic E-state index is 11.6. The molecule has 0 saturated carbocycles. The SMILES string of the molecule is CC(C)(C)OC(=O)n1cnc(C(N)CO)c1. The molecule has 0 bridgehead atoms. The smallest absolute Gasteiger partial charge is 0.419 e. The Morgan fingerprint density at radius 1 is 1.69 bits per heavy atom. The summed E-state index contributed by atoms with van der Waals surface area (Å²) in [6.45, 7) is 5.12. The molecule has 0 saturated heterocycles. The maximum absolute atomic E-state index is 11.6. The highest BCUT2D eigenvalue weighted by atomic mass is 16.6. The molecule has 1 rings (SSSR count). The second-order valence-corrected chi connectivity index (χ2v) is 4.48. The number of hydrogen-bond acceptors (Lipinski definition) is 5. The molecule has 0 aromatic carbocycles. The lowest BCUT2D eigenvalue weighted by atomic mass is 10.2. The number of carbonyl (C=O) groups excluding carboxylic acids is 1. The van der Waals surface area contributed by atoms with Crippen LogP contribution in [0.3, 0.4) is 0 Å². The predicted molar refractivity (Wildman–Crippen MR) is 57.9 cm³/mol. The average Bonchev–Trinajstić information content (AvgIpc) is 2.62. The summed E-state index contributed by atoms with van der Waals surface area (Å²) in [6.07, 6.45) is 2.25. The molecule has 1 heterocycles. The van der Waals surface area contributed by atoms with Crippen molar-refractivity contribution in [1.82, 2.24) is 9.55 Å². The van der Waals surface area contributed by atoms with Crippen molar-refractivity contribution < 1.29 is 14.6 Å². The number of carbonyl (C=O) groups is 1. The van der Waals surface area contributed by atoms with E-state index in [1.807, 2.05) is 0 Å². The highest BCUT2D eigenvalue weighted by Crippen LogP contribution is 2.11. The fourth-order valence-corrected chi connectivity index (χ4v) is 1.04. The van der Waals surface area contributed by atoms with Crippen molar-refractivity contribution in [1.29, 1.82) is 0 Å². The van der Waals surface area contributed by atoms with Gasteiger partial charge in [0.15, 0.2) is 0 Å². The number of ether oxygens (including phenoxy) is 1. The Hall–Kier alpha value is -1.40. The predicted octanol–water partition coefficient (Wildman–Crippen LogP) is 0.658. The van der Waals surface area contributed by atoms with Crippen molar-refractivity contribution in [3.05, 3.63) is 18.2 Å². The minimum absolute atomic E-state index is 0.217. The molecule has 0 aliphatic carbocycles. The molecular weight excluding hydrogens is 210 g/mol. The minimum Gasteiger partial charge on any atom is -0.443 e. The first-order chi connectivity index (χ1) is 7.33. The third kappa shape index (κ3) is 3.32. The van der Waals surface area contributed by atoms with E-state index in [1.165, 1.54) is 17.1 Å². The summed E-state index contributed by atoms with van der Waals surface area (Å²) >= 11 is 0. The third-order valence-corrected chi connectivity index (χ3v) is 1.78. The van der Waals surface area contributed by atoms with Crippen LogP contribution < -0.4 is 5.73 Å². The minimum atomic E-state index is -0.580. The van der Waals surface area contributed by atoms with Crippen molar-refractivity contribution in [2.24, 2.45) is 5.73 Å². The summed E-state index contributed by atoms with van der Waals surface area (Å²) in [5.41, 5.74) is 5.45. The number of aliphatic hydroxyl groups is 1. The molecule has 3 N–H and O–H groups in total. The van der Waals surface area contributed by atoms with Gasteiger partial charge < -0.3 is 15.6 Å². The van der Waals surface area contributed by atoms with E-state index in [-0.39, 0.29) is 6.61 Å². The Labute approximate surface area is 94.0 Å². The van der Waals surface area contributed by atoms with E-state index in [9.17, 15) is 4.79 Å². The summed E-state index contributed by atoms with van der Waals surface area (Å²) in [7, 11) is 0. The van der Waals surface area contributed by atoms with Crippen molar-refractivity contribution in [2.75, 3.05) is 6.61 Å². The number of aromatic nitrogens is 2. The molecule has 16 heavy (non-hydrogen) atoms. The van der Waals surface area contributed by atoms with E-state index in [0.29, 0.717) is 5.69 Å². The van der Waals surface area contributed by atoms with Crippen LogP contribution in [0.25, 0.3) is 0 Å². The molecular formula is C10H17N3O3. The van der Waals surface area contributed by atoms with Crippen molar-refractivity contribution in [2.45, 2.75) is 32.4 Å². The van der Waals surface area contributed by atoms with Crippen LogP contribution >= 0.6 is 0 Å². The zero-order valence-corrected chi connectivity index (χ0v) is 9.67. The Kier molecular flexibility index (Phi) is 3.66. The van der Waals surface area contributed by atoms with E-state index in [0.717, 1.165) is 0 Å². The molecule has 0 fully saturated rings. The molecule has 0 radical (unpaired) electrons. The van der Waals surface area contributed by atoms with Gasteiger partial charge in [0, 0.05) is 6.20 Å². The topological polar surface area (TPSA) is 90.4 Å². The van der Waals surface area contributed by atoms with Crippen molar-refractivity contribution in [3.63, 3.8) is 0 Å². The molecule has 6 heteroatoms. The average molecular weight is 227 g/mol. The molecule has 90 valence electrons. The number of nitrogens with zero attached hydrogens (tertiary/aromatic N) is 2. The largest absolute Gasteiger partial charge is 0.443 e. The molecule has 1 aromatic rings. The highest BCUT2D eigenvalue weighted by molar-refractivity contribution is 5.70. The number of rotatable bonds is 2. The lowest BCUT2D eigenvalue weighted by molar-refractivity contribution is 0.0536. The summed E-state index contributed by atoms with van der Waals surface area (Å²) in [5, 5.41) is 8.83. The molecule has 0 aliphatic heterocycles. The zero-order valence-electron chi connectivity index (χ0n) is 9.67. The zero-order chi connectivity index (χ0) is 12.3. The summed E-state index contributed by atoms with van der Waals surface area (Å²) in [6, 6.07) is -0.580. The summed E-state index contributed by atoms with van der Waals surface area (Å²) in [4.78, 5) is 15.5. The van der Waals surface area contributed by atoms with Gasteiger partial charge in [-0.15, -0.1) is 0 Å². The van der Waals surface area contributed by atoms with E-state index in [4.69, 9.17) is 15.6 Å². The van der Waals surface area contributed by atoms with Gasteiger partial charge in [-0.25, -0.2) is 14.3 Å². The van der Waals surface area contributed by atoms with Crippen LogP contribution in [0, 0.1) is 0 Å². The van der Waals surface area contributed by atoms with Crippen LogP contribution in [0.1, 0.15) is 32.5 Å². The number of aliphatic hydroxyl groups excluding tert-OH is 1. The molecule has 1 unspecified atom stereocenters. The van der Waals surface area contributed by atoms with Crippen LogP contribution in [0.4, 0.5) is 4.79 Å². The monoisotopic (exact) mass is 227 g/mol. The molecule has 1 aromatic heterocycles. The Balaban J connectivity index is 2.75. The van der Waals surface area contributed by atoms with E-state index in [1.54, 1.807) is 20.8 Å². The van der Waals surface area contributed by atoms with Gasteiger partial charge in [0.05, 0.1) is 18.3 Å². The quantitative estimate of drug-likeness (QED) is 0.774. The molecule has 0 aliphatic rings. The fraction of sp³-hybridized carbons (Fsp3) is 0.600. The van der Waals surface area contributed by atoms with Crippen molar-refractivity contribution >= 4 is 6.09 Å². The lowest BCUT2D eigenvalue weighted by Gasteiger charge is -2.19. The summed E-state index contributed by atoms with van der Waals surface area (Å²) in [5.74, 6) is 0. The van der Waals surface area contributed by atoms with Crippen LogP contribution in [-0.2, 0) is 4.74 Å². The van der Waals surface area contributed by atoms with Crippen molar-refractivity contribution in [3.8, 4) is 0 Å². The number of imidazole rings is 1. The Morgan fingerprint density at radius 3 is 2.81 bits per heavy atom. The first-order valence-electron chi connectivity index (χ1n) is 4.97. The van der Waals surface area contributed by atoms with E-state index in [2.05, 4.69) is 4.98 Å². The first-order valence-corrected chi connectivity index (χ1v) is 4.97. The van der Waals surface area contributed by atoms with Gasteiger partial charge in [-0.1, -0.05) is 0 Å². The molecule has 0 spiro atoms. The number of hydrogen-bond donors (Lipinski definition) is 2. The fourth-order valence-electron chi connectivity index (χ4n) is 1.04.